The lowest BCUT2D eigenvalue weighted by atomic mass is 10.5. The first-order valence-corrected chi connectivity index (χ1v) is 4.70. The Balaban J connectivity index is 3.93. The van der Waals surface area contributed by atoms with Gasteiger partial charge in [0.05, 0.1) is 6.17 Å². The quantitative estimate of drug-likeness (QED) is 0.358. The molecule has 0 radical (unpaired) electrons. The molecule has 66 valence electrons. The molecule has 0 amide bonds. The van der Waals surface area contributed by atoms with E-state index < -0.39 is 10.1 Å². The summed E-state index contributed by atoms with van der Waals surface area (Å²) in [6.07, 6.45) is -0.290. The van der Waals surface area contributed by atoms with E-state index >= 15 is 0 Å². The van der Waals surface area contributed by atoms with Crippen LogP contribution in [0.3, 0.4) is 0 Å². The zero-order valence-electron chi connectivity index (χ0n) is 6.48. The maximum atomic E-state index is 10.1. The van der Waals surface area contributed by atoms with Crippen LogP contribution >= 0.6 is 0 Å². The Hall–Kier alpha value is -0.460. The maximum absolute atomic E-state index is 10.1. The fraction of sp³-hybridized carbons (Fsp3) is 0.800. The zero-order valence-corrected chi connectivity index (χ0v) is 7.30. The second kappa shape index (κ2) is 4.42. The van der Waals surface area contributed by atoms with Crippen molar-refractivity contribution in [1.82, 2.24) is 5.32 Å². The second-order valence-electron chi connectivity index (χ2n) is 2.00. The summed E-state index contributed by atoms with van der Waals surface area (Å²) < 4.78 is 28.5. The predicted octanol–water partition coefficient (Wildman–Crippen LogP) is -0.142. The monoisotopic (exact) mass is 180 g/mol. The summed E-state index contributed by atoms with van der Waals surface area (Å²) in [5.41, 5.74) is 0.528. The number of hydrogen-bond acceptors (Lipinski definition) is 4. The van der Waals surface area contributed by atoms with E-state index in [1.165, 1.54) is 0 Å². The first-order chi connectivity index (χ1) is 4.95. The molecule has 1 atom stereocenters. The molecule has 11 heavy (non-hydrogen) atoms. The molecule has 0 fully saturated rings. The highest BCUT2D eigenvalue weighted by Crippen LogP contribution is 1.83. The van der Waals surface area contributed by atoms with Crippen LogP contribution in [0, 0.1) is 0 Å². The van der Waals surface area contributed by atoms with E-state index in [1.807, 2.05) is 6.92 Å². The third kappa shape index (κ3) is 7.44. The summed E-state index contributed by atoms with van der Waals surface area (Å²) in [6.45, 7) is 4.26. The normalized spacial score (nSPS) is 15.5. The highest BCUT2D eigenvalue weighted by Gasteiger charge is 1.98. The van der Waals surface area contributed by atoms with E-state index in [9.17, 15) is 8.42 Å². The molecule has 0 spiro atoms. The van der Waals surface area contributed by atoms with Crippen molar-refractivity contribution >= 4 is 15.7 Å². The van der Waals surface area contributed by atoms with Gasteiger partial charge in [-0.2, -0.15) is 8.42 Å². The molecule has 0 heterocycles. The Bertz CT molecular complexity index is 222. The first-order valence-electron chi connectivity index (χ1n) is 3.19. The van der Waals surface area contributed by atoms with Crippen molar-refractivity contribution in [2.45, 2.75) is 20.0 Å². The molecular weight excluding hydrogens is 168 g/mol. The standard InChI is InChI=1S/C5H12N2O3S/c1-3-6-5(2)7-4-11(8,9)10/h4-6H,3H2,1-2H3,(H,8,9,10). The molecule has 0 bridgehead atoms. The van der Waals surface area contributed by atoms with Gasteiger partial charge >= 0.3 is 10.1 Å². The van der Waals surface area contributed by atoms with Crippen LogP contribution in [0.5, 0.6) is 0 Å². The predicted molar refractivity (Wildman–Crippen MR) is 43.2 cm³/mol. The minimum absolute atomic E-state index is 0.290. The Morgan fingerprint density at radius 3 is 2.64 bits per heavy atom. The van der Waals surface area contributed by atoms with Gasteiger partial charge in [0.25, 0.3) is 0 Å². The lowest BCUT2D eigenvalue weighted by Crippen LogP contribution is -2.23. The third-order valence-electron chi connectivity index (χ3n) is 0.917. The highest BCUT2D eigenvalue weighted by molar-refractivity contribution is 7.99. The van der Waals surface area contributed by atoms with Gasteiger partial charge in [-0.15, -0.1) is 0 Å². The zero-order chi connectivity index (χ0) is 8.91. The Labute approximate surface area is 66.3 Å². The van der Waals surface area contributed by atoms with Crippen molar-refractivity contribution in [1.29, 1.82) is 0 Å². The van der Waals surface area contributed by atoms with E-state index in [2.05, 4.69) is 10.3 Å². The van der Waals surface area contributed by atoms with E-state index in [0.717, 1.165) is 0 Å². The van der Waals surface area contributed by atoms with Crippen LogP contribution in [0.15, 0.2) is 4.99 Å². The van der Waals surface area contributed by atoms with Gasteiger partial charge in [0.2, 0.25) is 0 Å². The Kier molecular flexibility index (Phi) is 4.24. The summed E-state index contributed by atoms with van der Waals surface area (Å²) in [5.74, 6) is 0. The summed E-state index contributed by atoms with van der Waals surface area (Å²) in [7, 11) is -4.07. The van der Waals surface area contributed by atoms with E-state index in [0.29, 0.717) is 12.1 Å². The maximum Gasteiger partial charge on any atom is 0.304 e. The van der Waals surface area contributed by atoms with Crippen LogP contribution in [0.25, 0.3) is 0 Å². The molecule has 5 nitrogen and oxygen atoms in total. The molecule has 0 aliphatic carbocycles. The fourth-order valence-electron chi connectivity index (χ4n) is 0.516. The molecule has 0 saturated carbocycles. The molecule has 6 heteroatoms. The van der Waals surface area contributed by atoms with Crippen LogP contribution in [-0.2, 0) is 10.1 Å². The van der Waals surface area contributed by atoms with Gasteiger partial charge < -0.3 is 0 Å². The van der Waals surface area contributed by atoms with Crippen molar-refractivity contribution < 1.29 is 13.0 Å². The lowest BCUT2D eigenvalue weighted by Gasteiger charge is -2.03. The van der Waals surface area contributed by atoms with Crippen molar-refractivity contribution in [3.8, 4) is 0 Å². The van der Waals surface area contributed by atoms with Crippen LogP contribution < -0.4 is 5.32 Å². The van der Waals surface area contributed by atoms with Crippen LogP contribution in [0.1, 0.15) is 13.8 Å². The van der Waals surface area contributed by atoms with Gasteiger partial charge in [-0.1, -0.05) is 6.92 Å². The number of nitrogens with zero attached hydrogens (tertiary/aromatic N) is 1. The van der Waals surface area contributed by atoms with E-state index in [-0.39, 0.29) is 6.17 Å². The van der Waals surface area contributed by atoms with Gasteiger partial charge in [-0.05, 0) is 13.5 Å². The third-order valence-corrected chi connectivity index (χ3v) is 1.31. The molecule has 0 aromatic heterocycles. The summed E-state index contributed by atoms with van der Waals surface area (Å²) in [5, 5.41) is 2.84. The second-order valence-corrected chi connectivity index (χ2v) is 3.24. The minimum atomic E-state index is -4.07. The van der Waals surface area contributed by atoms with Gasteiger partial charge in [0.15, 0.2) is 0 Å². The highest BCUT2D eigenvalue weighted by atomic mass is 32.2. The molecule has 0 aliphatic rings. The van der Waals surface area contributed by atoms with Gasteiger partial charge in [-0.3, -0.25) is 14.9 Å². The SMILES string of the molecule is CCNC(C)N=CS(=O)(=O)O. The Morgan fingerprint density at radius 1 is 1.73 bits per heavy atom. The number of hydrogen-bond donors (Lipinski definition) is 2. The average Bonchev–Trinajstić information content (AvgIpc) is 1.83. The van der Waals surface area contributed by atoms with Gasteiger partial charge in [-0.25, -0.2) is 0 Å². The molecular formula is C5H12N2O3S. The molecule has 0 aromatic rings. The van der Waals surface area contributed by atoms with Crippen LogP contribution in [0.4, 0.5) is 0 Å². The molecule has 1 unspecified atom stereocenters. The van der Waals surface area contributed by atoms with Crippen molar-refractivity contribution in [3.05, 3.63) is 0 Å². The average molecular weight is 180 g/mol. The largest absolute Gasteiger partial charge is 0.304 e. The number of aliphatic imine (C=N–C) groups is 1. The summed E-state index contributed by atoms with van der Waals surface area (Å²) >= 11 is 0. The summed E-state index contributed by atoms with van der Waals surface area (Å²) in [6, 6.07) is 0. The molecule has 0 rings (SSSR count). The Morgan fingerprint density at radius 2 is 2.27 bits per heavy atom. The fourth-order valence-corrected chi connectivity index (χ4v) is 0.853. The van der Waals surface area contributed by atoms with Crippen molar-refractivity contribution in [3.63, 3.8) is 0 Å². The molecule has 0 aromatic carbocycles. The van der Waals surface area contributed by atoms with Crippen molar-refractivity contribution in [2.75, 3.05) is 6.54 Å². The number of nitrogens with one attached hydrogen (secondary N) is 1. The molecule has 0 aliphatic heterocycles. The topological polar surface area (TPSA) is 78.8 Å². The number of rotatable bonds is 4. The molecule has 2 N–H and O–H groups in total. The van der Waals surface area contributed by atoms with Gasteiger partial charge in [0.1, 0.15) is 5.55 Å². The summed E-state index contributed by atoms with van der Waals surface area (Å²) in [4.78, 5) is 3.51. The van der Waals surface area contributed by atoms with E-state index in [1.54, 1.807) is 6.92 Å². The molecule has 0 saturated heterocycles. The lowest BCUT2D eigenvalue weighted by molar-refractivity contribution is 0.498. The van der Waals surface area contributed by atoms with Crippen LogP contribution in [0.2, 0.25) is 0 Å². The van der Waals surface area contributed by atoms with Crippen LogP contribution in [-0.4, -0.2) is 31.2 Å². The van der Waals surface area contributed by atoms with Gasteiger partial charge in [0, 0.05) is 0 Å². The van der Waals surface area contributed by atoms with E-state index in [4.69, 9.17) is 4.55 Å². The first kappa shape index (κ1) is 10.5. The smallest absolute Gasteiger partial charge is 0.296 e. The van der Waals surface area contributed by atoms with Crippen molar-refractivity contribution in [2.24, 2.45) is 4.99 Å². The minimum Gasteiger partial charge on any atom is -0.296 e.